The van der Waals surface area contributed by atoms with E-state index in [9.17, 15) is 9.59 Å². The monoisotopic (exact) mass is 338 g/mol. The van der Waals surface area contributed by atoms with Crippen molar-refractivity contribution in [1.29, 1.82) is 0 Å². The smallest absolute Gasteiger partial charge is 0.319 e. The highest BCUT2D eigenvalue weighted by atomic mass is 16.2. The van der Waals surface area contributed by atoms with E-state index < -0.39 is 0 Å². The molecule has 0 spiro atoms. The molecule has 3 amide bonds. The van der Waals surface area contributed by atoms with Gasteiger partial charge >= 0.3 is 6.03 Å². The molecule has 0 aliphatic carbocycles. The average Bonchev–Trinajstić information content (AvgIpc) is 2.68. The Balaban J connectivity index is 1.41. The minimum absolute atomic E-state index is 0.00397. The largest absolute Gasteiger partial charge is 0.368 e. The van der Waals surface area contributed by atoms with Crippen LogP contribution in [0.25, 0.3) is 0 Å². The Labute approximate surface area is 147 Å². The molecule has 1 aliphatic rings. The van der Waals surface area contributed by atoms with Crippen molar-refractivity contribution in [2.75, 3.05) is 42.9 Å². The second kappa shape index (κ2) is 8.19. The molecule has 6 heteroatoms. The lowest BCUT2D eigenvalue weighted by atomic mass is 10.2. The van der Waals surface area contributed by atoms with Crippen molar-refractivity contribution in [3.8, 4) is 0 Å². The predicted octanol–water partition coefficient (Wildman–Crippen LogP) is 2.16. The summed E-state index contributed by atoms with van der Waals surface area (Å²) in [5.41, 5.74) is 1.87. The van der Waals surface area contributed by atoms with Gasteiger partial charge < -0.3 is 20.4 Å². The number of amides is 3. The number of nitrogens with one attached hydrogen (secondary N) is 2. The van der Waals surface area contributed by atoms with Gasteiger partial charge in [-0.1, -0.05) is 36.4 Å². The van der Waals surface area contributed by atoms with E-state index in [1.807, 2.05) is 36.4 Å². The molecule has 130 valence electrons. The summed E-state index contributed by atoms with van der Waals surface area (Å²) in [7, 11) is 0. The third-order valence-corrected chi connectivity index (χ3v) is 4.19. The minimum atomic E-state index is -0.373. The summed E-state index contributed by atoms with van der Waals surface area (Å²) in [4.78, 5) is 28.2. The molecule has 3 rings (SSSR count). The summed E-state index contributed by atoms with van der Waals surface area (Å²) in [6.07, 6.45) is 0. The molecule has 1 heterocycles. The molecule has 25 heavy (non-hydrogen) atoms. The first-order chi connectivity index (χ1) is 12.2. The molecule has 1 fully saturated rings. The molecular formula is C19H22N4O2. The van der Waals surface area contributed by atoms with E-state index in [4.69, 9.17) is 0 Å². The Morgan fingerprint density at radius 3 is 2.08 bits per heavy atom. The number of benzene rings is 2. The van der Waals surface area contributed by atoms with Gasteiger partial charge in [-0.3, -0.25) is 4.79 Å². The number of hydrogen-bond acceptors (Lipinski definition) is 3. The summed E-state index contributed by atoms with van der Waals surface area (Å²) in [5, 5.41) is 5.32. The van der Waals surface area contributed by atoms with E-state index in [2.05, 4.69) is 27.7 Å². The van der Waals surface area contributed by atoms with Crippen molar-refractivity contribution >= 4 is 23.3 Å². The van der Waals surface area contributed by atoms with Gasteiger partial charge in [-0.2, -0.15) is 0 Å². The summed E-state index contributed by atoms with van der Waals surface area (Å²) in [6, 6.07) is 19.0. The van der Waals surface area contributed by atoms with Crippen molar-refractivity contribution in [1.82, 2.24) is 10.2 Å². The van der Waals surface area contributed by atoms with Crippen molar-refractivity contribution in [3.05, 3.63) is 60.7 Å². The molecule has 6 nitrogen and oxygen atoms in total. The number of para-hydroxylation sites is 2. The zero-order valence-corrected chi connectivity index (χ0v) is 14.0. The Morgan fingerprint density at radius 1 is 0.840 bits per heavy atom. The highest BCUT2D eigenvalue weighted by molar-refractivity contribution is 5.92. The Hall–Kier alpha value is -3.02. The first-order valence-corrected chi connectivity index (χ1v) is 8.40. The Kier molecular flexibility index (Phi) is 5.51. The van der Waals surface area contributed by atoms with Crippen LogP contribution in [0.3, 0.4) is 0 Å². The quantitative estimate of drug-likeness (QED) is 0.898. The van der Waals surface area contributed by atoms with E-state index in [-0.39, 0.29) is 18.5 Å². The van der Waals surface area contributed by atoms with Crippen molar-refractivity contribution in [3.63, 3.8) is 0 Å². The van der Waals surface area contributed by atoms with Crippen LogP contribution < -0.4 is 15.5 Å². The van der Waals surface area contributed by atoms with E-state index in [1.165, 1.54) is 5.69 Å². The number of carbonyl (C=O) groups excluding carboxylic acids is 2. The zero-order chi connectivity index (χ0) is 17.5. The molecule has 0 atom stereocenters. The molecule has 0 radical (unpaired) electrons. The highest BCUT2D eigenvalue weighted by Gasteiger charge is 2.21. The first kappa shape index (κ1) is 16.8. The fourth-order valence-corrected chi connectivity index (χ4v) is 2.82. The lowest BCUT2D eigenvalue weighted by molar-refractivity contribution is -0.130. The maximum absolute atomic E-state index is 12.3. The summed E-state index contributed by atoms with van der Waals surface area (Å²) in [6.45, 7) is 2.92. The lowest BCUT2D eigenvalue weighted by Gasteiger charge is -2.36. The van der Waals surface area contributed by atoms with Gasteiger partial charge in [0, 0.05) is 37.6 Å². The van der Waals surface area contributed by atoms with Crippen LogP contribution in [0.15, 0.2) is 60.7 Å². The summed E-state index contributed by atoms with van der Waals surface area (Å²) >= 11 is 0. The number of piperazine rings is 1. The maximum atomic E-state index is 12.3. The molecular weight excluding hydrogens is 316 g/mol. The molecule has 0 bridgehead atoms. The Bertz CT molecular complexity index is 698. The molecule has 1 saturated heterocycles. The lowest BCUT2D eigenvalue weighted by Crippen LogP contribution is -2.51. The number of carbonyl (C=O) groups is 2. The molecule has 2 aromatic carbocycles. The minimum Gasteiger partial charge on any atom is -0.368 e. The number of urea groups is 1. The fourth-order valence-electron chi connectivity index (χ4n) is 2.82. The second-order valence-electron chi connectivity index (χ2n) is 5.88. The molecule has 0 aromatic heterocycles. The van der Waals surface area contributed by atoms with E-state index in [1.54, 1.807) is 17.0 Å². The second-order valence-corrected chi connectivity index (χ2v) is 5.88. The predicted molar refractivity (Wildman–Crippen MR) is 98.7 cm³/mol. The van der Waals surface area contributed by atoms with Gasteiger partial charge in [-0.25, -0.2) is 4.79 Å². The SMILES string of the molecule is O=C(NCC(=O)N1CCN(c2ccccc2)CC1)Nc1ccccc1. The molecule has 2 N–H and O–H groups in total. The van der Waals surface area contributed by atoms with Crippen molar-refractivity contribution < 1.29 is 9.59 Å². The van der Waals surface area contributed by atoms with Gasteiger partial charge in [0.15, 0.2) is 0 Å². The molecule has 2 aromatic rings. The van der Waals surface area contributed by atoms with E-state index >= 15 is 0 Å². The molecule has 0 saturated carbocycles. The van der Waals surface area contributed by atoms with Gasteiger partial charge in [0.2, 0.25) is 5.91 Å². The number of rotatable bonds is 4. The highest BCUT2D eigenvalue weighted by Crippen LogP contribution is 2.15. The van der Waals surface area contributed by atoms with Gasteiger partial charge in [-0.05, 0) is 24.3 Å². The van der Waals surface area contributed by atoms with Crippen LogP contribution in [0.1, 0.15) is 0 Å². The molecule has 1 aliphatic heterocycles. The van der Waals surface area contributed by atoms with Crippen LogP contribution in [0, 0.1) is 0 Å². The van der Waals surface area contributed by atoms with Crippen LogP contribution in [0.2, 0.25) is 0 Å². The van der Waals surface area contributed by atoms with Gasteiger partial charge in [0.1, 0.15) is 0 Å². The first-order valence-electron chi connectivity index (χ1n) is 8.40. The number of anilines is 2. The summed E-state index contributed by atoms with van der Waals surface area (Å²) < 4.78 is 0. The van der Waals surface area contributed by atoms with Crippen molar-refractivity contribution in [2.45, 2.75) is 0 Å². The van der Waals surface area contributed by atoms with Gasteiger partial charge in [0.25, 0.3) is 0 Å². The van der Waals surface area contributed by atoms with E-state index in [0.717, 1.165) is 13.1 Å². The zero-order valence-electron chi connectivity index (χ0n) is 14.0. The van der Waals surface area contributed by atoms with Gasteiger partial charge in [0.05, 0.1) is 6.54 Å². The third kappa shape index (κ3) is 4.73. The number of hydrogen-bond donors (Lipinski definition) is 2. The van der Waals surface area contributed by atoms with Crippen LogP contribution in [-0.2, 0) is 4.79 Å². The Morgan fingerprint density at radius 2 is 1.44 bits per heavy atom. The van der Waals surface area contributed by atoms with Crippen molar-refractivity contribution in [2.24, 2.45) is 0 Å². The number of nitrogens with zero attached hydrogens (tertiary/aromatic N) is 2. The van der Waals surface area contributed by atoms with Crippen LogP contribution >= 0.6 is 0 Å². The van der Waals surface area contributed by atoms with E-state index in [0.29, 0.717) is 18.8 Å². The summed E-state index contributed by atoms with van der Waals surface area (Å²) in [5.74, 6) is -0.0593. The normalized spacial score (nSPS) is 14.1. The maximum Gasteiger partial charge on any atom is 0.319 e. The standard InChI is InChI=1S/C19H22N4O2/c24-18(15-20-19(25)21-16-7-3-1-4-8-16)23-13-11-22(12-14-23)17-9-5-2-6-10-17/h1-10H,11-15H2,(H2,20,21,25). The molecule has 0 unspecified atom stereocenters. The topological polar surface area (TPSA) is 64.7 Å². The van der Waals surface area contributed by atoms with Crippen LogP contribution in [0.5, 0.6) is 0 Å². The van der Waals surface area contributed by atoms with Crippen LogP contribution in [0.4, 0.5) is 16.2 Å². The average molecular weight is 338 g/mol. The van der Waals surface area contributed by atoms with Gasteiger partial charge in [-0.15, -0.1) is 0 Å². The van der Waals surface area contributed by atoms with Crippen LogP contribution in [-0.4, -0.2) is 49.6 Å². The third-order valence-electron chi connectivity index (χ3n) is 4.19. The fraction of sp³-hybridized carbons (Fsp3) is 0.263.